The lowest BCUT2D eigenvalue weighted by molar-refractivity contribution is -0.0851. The molecule has 0 aromatic carbocycles. The fraction of sp³-hybridized carbons (Fsp3) is 1.00. The van der Waals surface area contributed by atoms with Gasteiger partial charge in [0.1, 0.15) is 0 Å². The largest absolute Gasteiger partial charge is 0.390 e. The molecule has 3 atom stereocenters. The third-order valence-corrected chi connectivity index (χ3v) is 5.49. The molecule has 16 heavy (non-hydrogen) atoms. The first kappa shape index (κ1) is 12.4. The predicted octanol–water partition coefficient (Wildman–Crippen LogP) is 4.14. The van der Waals surface area contributed by atoms with Gasteiger partial charge >= 0.3 is 0 Å². The molecule has 0 radical (unpaired) electrons. The lowest BCUT2D eigenvalue weighted by Gasteiger charge is -2.48. The highest BCUT2D eigenvalue weighted by atomic mass is 16.3. The van der Waals surface area contributed by atoms with E-state index in [9.17, 15) is 5.11 Å². The molecule has 0 amide bonds. The quantitative estimate of drug-likeness (QED) is 0.763. The van der Waals surface area contributed by atoms with Gasteiger partial charge in [0.25, 0.3) is 0 Å². The van der Waals surface area contributed by atoms with Crippen LogP contribution in [0.2, 0.25) is 0 Å². The summed E-state index contributed by atoms with van der Waals surface area (Å²) in [7, 11) is 0. The topological polar surface area (TPSA) is 20.2 Å². The van der Waals surface area contributed by atoms with Crippen LogP contribution in [0.4, 0.5) is 0 Å². The van der Waals surface area contributed by atoms with Crippen LogP contribution in [0.5, 0.6) is 0 Å². The first-order valence-corrected chi connectivity index (χ1v) is 7.43. The number of aliphatic hydroxyl groups is 1. The molecule has 2 aliphatic rings. The maximum atomic E-state index is 10.8. The van der Waals surface area contributed by atoms with Crippen molar-refractivity contribution in [2.45, 2.75) is 77.2 Å². The van der Waals surface area contributed by atoms with Crippen LogP contribution in [-0.2, 0) is 0 Å². The summed E-state index contributed by atoms with van der Waals surface area (Å²) in [6, 6.07) is 0. The summed E-state index contributed by atoms with van der Waals surface area (Å²) in [4.78, 5) is 0. The molecule has 2 fully saturated rings. The molecule has 0 spiro atoms. The third-order valence-electron chi connectivity index (χ3n) is 5.49. The average Bonchev–Trinajstić information content (AvgIpc) is 2.37. The Morgan fingerprint density at radius 2 is 1.56 bits per heavy atom. The Balaban J connectivity index is 2.12. The van der Waals surface area contributed by atoms with Crippen molar-refractivity contribution in [2.75, 3.05) is 0 Å². The van der Waals surface area contributed by atoms with Crippen LogP contribution in [0.1, 0.15) is 71.6 Å². The van der Waals surface area contributed by atoms with Gasteiger partial charge in [0, 0.05) is 0 Å². The molecule has 1 heteroatoms. The van der Waals surface area contributed by atoms with Gasteiger partial charge in [-0.1, -0.05) is 46.0 Å². The molecule has 94 valence electrons. The fourth-order valence-electron chi connectivity index (χ4n) is 4.38. The van der Waals surface area contributed by atoms with E-state index in [2.05, 4.69) is 13.8 Å². The zero-order valence-corrected chi connectivity index (χ0v) is 11.0. The minimum absolute atomic E-state index is 0.360. The maximum absolute atomic E-state index is 10.8. The SMILES string of the molecule is CCC(O)(CC)[C@@H]1CCCC2CCCCC21. The van der Waals surface area contributed by atoms with Crippen molar-refractivity contribution in [3.05, 3.63) is 0 Å². The van der Waals surface area contributed by atoms with Crippen LogP contribution >= 0.6 is 0 Å². The molecule has 0 aromatic rings. The van der Waals surface area contributed by atoms with Gasteiger partial charge in [-0.05, 0) is 43.4 Å². The predicted molar refractivity (Wildman–Crippen MR) is 68.3 cm³/mol. The standard InChI is InChI=1S/C15H28O/c1-3-15(16,4-2)14-11-7-9-12-8-5-6-10-13(12)14/h12-14,16H,3-11H2,1-2H3/t12?,13?,14-/m1/s1. The zero-order chi connectivity index (χ0) is 11.6. The minimum Gasteiger partial charge on any atom is -0.390 e. The van der Waals surface area contributed by atoms with Crippen molar-refractivity contribution in [2.24, 2.45) is 17.8 Å². The second kappa shape index (κ2) is 5.08. The van der Waals surface area contributed by atoms with Crippen LogP contribution in [0.3, 0.4) is 0 Å². The molecule has 0 aliphatic heterocycles. The minimum atomic E-state index is -0.360. The molecule has 2 unspecified atom stereocenters. The molecular formula is C15H28O. The molecule has 1 N–H and O–H groups in total. The van der Waals surface area contributed by atoms with Crippen molar-refractivity contribution in [1.29, 1.82) is 0 Å². The Kier molecular flexibility index (Phi) is 3.94. The second-order valence-electron chi connectivity index (χ2n) is 6.06. The first-order chi connectivity index (χ1) is 7.71. The molecule has 0 heterocycles. The Hall–Kier alpha value is -0.0400. The molecule has 2 rings (SSSR count). The molecule has 0 bridgehead atoms. The third kappa shape index (κ3) is 2.16. The van der Waals surface area contributed by atoms with Crippen molar-refractivity contribution >= 4 is 0 Å². The summed E-state index contributed by atoms with van der Waals surface area (Å²) in [6.45, 7) is 4.33. The Morgan fingerprint density at radius 1 is 0.938 bits per heavy atom. The van der Waals surface area contributed by atoms with Crippen LogP contribution < -0.4 is 0 Å². The normalized spacial score (nSPS) is 35.8. The molecule has 2 aliphatic carbocycles. The Labute approximate surface area is 101 Å². The molecule has 2 saturated carbocycles. The van der Waals surface area contributed by atoms with E-state index in [-0.39, 0.29) is 5.60 Å². The summed E-state index contributed by atoms with van der Waals surface area (Å²) >= 11 is 0. The van der Waals surface area contributed by atoms with Gasteiger partial charge < -0.3 is 5.11 Å². The Bertz CT molecular complexity index is 217. The van der Waals surface area contributed by atoms with E-state index in [0.29, 0.717) is 5.92 Å². The van der Waals surface area contributed by atoms with Crippen molar-refractivity contribution in [3.63, 3.8) is 0 Å². The summed E-state index contributed by atoms with van der Waals surface area (Å²) in [5, 5.41) is 10.8. The number of hydrogen-bond acceptors (Lipinski definition) is 1. The highest BCUT2D eigenvalue weighted by Crippen LogP contribution is 2.49. The van der Waals surface area contributed by atoms with E-state index in [1.807, 2.05) is 0 Å². The van der Waals surface area contributed by atoms with Gasteiger partial charge in [-0.25, -0.2) is 0 Å². The monoisotopic (exact) mass is 224 g/mol. The molecule has 0 saturated heterocycles. The van der Waals surface area contributed by atoms with Gasteiger partial charge in [0.15, 0.2) is 0 Å². The van der Waals surface area contributed by atoms with E-state index in [1.54, 1.807) is 0 Å². The molecular weight excluding hydrogens is 196 g/mol. The van der Waals surface area contributed by atoms with E-state index >= 15 is 0 Å². The number of hydrogen-bond donors (Lipinski definition) is 1. The van der Waals surface area contributed by atoms with Gasteiger partial charge in [0.05, 0.1) is 5.60 Å². The fourth-order valence-corrected chi connectivity index (χ4v) is 4.38. The first-order valence-electron chi connectivity index (χ1n) is 7.43. The Morgan fingerprint density at radius 3 is 2.25 bits per heavy atom. The number of fused-ring (bicyclic) bond motifs is 1. The van der Waals surface area contributed by atoms with Crippen molar-refractivity contribution in [1.82, 2.24) is 0 Å². The smallest absolute Gasteiger partial charge is 0.0673 e. The summed E-state index contributed by atoms with van der Waals surface area (Å²) in [5.74, 6) is 2.38. The van der Waals surface area contributed by atoms with Gasteiger partial charge in [0.2, 0.25) is 0 Å². The van der Waals surface area contributed by atoms with Crippen LogP contribution in [0, 0.1) is 17.8 Å². The maximum Gasteiger partial charge on any atom is 0.0673 e. The summed E-state index contributed by atoms with van der Waals surface area (Å²) < 4.78 is 0. The highest BCUT2D eigenvalue weighted by Gasteiger charge is 2.44. The molecule has 0 aromatic heterocycles. The van der Waals surface area contributed by atoms with Gasteiger partial charge in [-0.3, -0.25) is 0 Å². The van der Waals surface area contributed by atoms with E-state index in [1.165, 1.54) is 44.9 Å². The van der Waals surface area contributed by atoms with E-state index in [0.717, 1.165) is 24.7 Å². The van der Waals surface area contributed by atoms with Crippen molar-refractivity contribution < 1.29 is 5.11 Å². The average molecular weight is 224 g/mol. The van der Waals surface area contributed by atoms with Crippen LogP contribution in [0.15, 0.2) is 0 Å². The lowest BCUT2D eigenvalue weighted by atomic mass is 9.60. The number of rotatable bonds is 3. The second-order valence-corrected chi connectivity index (χ2v) is 6.06. The van der Waals surface area contributed by atoms with Crippen LogP contribution in [0.25, 0.3) is 0 Å². The zero-order valence-electron chi connectivity index (χ0n) is 11.0. The van der Waals surface area contributed by atoms with Crippen LogP contribution in [-0.4, -0.2) is 10.7 Å². The van der Waals surface area contributed by atoms with Gasteiger partial charge in [-0.15, -0.1) is 0 Å². The molecule has 1 nitrogen and oxygen atoms in total. The highest BCUT2D eigenvalue weighted by molar-refractivity contribution is 4.94. The van der Waals surface area contributed by atoms with E-state index in [4.69, 9.17) is 0 Å². The van der Waals surface area contributed by atoms with Crippen molar-refractivity contribution in [3.8, 4) is 0 Å². The van der Waals surface area contributed by atoms with Gasteiger partial charge in [-0.2, -0.15) is 0 Å². The lowest BCUT2D eigenvalue weighted by Crippen LogP contribution is -2.46. The summed E-state index contributed by atoms with van der Waals surface area (Å²) in [5.41, 5.74) is -0.360. The summed E-state index contributed by atoms with van der Waals surface area (Å²) in [6.07, 6.45) is 11.6. The van der Waals surface area contributed by atoms with E-state index < -0.39 is 0 Å².